The number of carbonyl (C=O) groups is 1. The number of aryl methyl sites for hydroxylation is 2. The van der Waals surface area contributed by atoms with E-state index in [2.05, 4.69) is 10.4 Å². The first kappa shape index (κ1) is 18.9. The number of hydrogen-bond acceptors (Lipinski definition) is 3. The zero-order valence-corrected chi connectivity index (χ0v) is 16.5. The van der Waals surface area contributed by atoms with Gasteiger partial charge in [-0.05, 0) is 46.2 Å². The van der Waals surface area contributed by atoms with E-state index in [1.807, 2.05) is 69.5 Å². The third-order valence-electron chi connectivity index (χ3n) is 4.88. The molecule has 2 aromatic heterocycles. The summed E-state index contributed by atoms with van der Waals surface area (Å²) in [6.07, 6.45) is 2.36. The topological polar surface area (TPSA) is 68.9 Å². The van der Waals surface area contributed by atoms with Gasteiger partial charge in [-0.2, -0.15) is 9.78 Å². The van der Waals surface area contributed by atoms with Crippen molar-refractivity contribution in [1.82, 2.24) is 19.7 Å². The van der Waals surface area contributed by atoms with Crippen LogP contribution in [-0.2, 0) is 4.79 Å². The molecule has 0 fully saturated rings. The normalized spacial score (nSPS) is 12.5. The van der Waals surface area contributed by atoms with Gasteiger partial charge >= 0.3 is 0 Å². The Hall–Kier alpha value is -2.89. The summed E-state index contributed by atoms with van der Waals surface area (Å²) in [6, 6.07) is 9.06. The van der Waals surface area contributed by atoms with Crippen molar-refractivity contribution in [3.63, 3.8) is 0 Å². The van der Waals surface area contributed by atoms with Crippen LogP contribution in [0.5, 0.6) is 0 Å². The van der Waals surface area contributed by atoms with Gasteiger partial charge in [-0.25, -0.2) is 0 Å². The van der Waals surface area contributed by atoms with Crippen LogP contribution in [0.4, 0.5) is 0 Å². The molecule has 0 saturated carbocycles. The number of hydrogen-bond donors (Lipinski definition) is 1. The maximum atomic E-state index is 13.2. The molecule has 0 saturated heterocycles. The van der Waals surface area contributed by atoms with E-state index in [1.54, 1.807) is 6.20 Å². The summed E-state index contributed by atoms with van der Waals surface area (Å²) in [5, 5.41) is 8.75. The summed E-state index contributed by atoms with van der Waals surface area (Å²) in [5.41, 5.74) is 2.24. The largest absolute Gasteiger partial charge is 0.352 e. The smallest absolute Gasteiger partial charge is 0.281 e. The van der Waals surface area contributed by atoms with Gasteiger partial charge in [-0.15, -0.1) is 0 Å². The Morgan fingerprint density at radius 1 is 1.15 bits per heavy atom. The van der Waals surface area contributed by atoms with Crippen LogP contribution < -0.4 is 10.9 Å². The van der Waals surface area contributed by atoms with Crippen molar-refractivity contribution in [2.24, 2.45) is 0 Å². The first-order valence-corrected chi connectivity index (χ1v) is 9.32. The predicted octanol–water partition coefficient (Wildman–Crippen LogP) is 3.28. The number of nitrogens with one attached hydrogen (secondary N) is 1. The molecule has 6 heteroatoms. The molecule has 0 bridgehead atoms. The van der Waals surface area contributed by atoms with Crippen LogP contribution in [0.3, 0.4) is 0 Å². The molecule has 1 N–H and O–H groups in total. The van der Waals surface area contributed by atoms with E-state index in [4.69, 9.17) is 0 Å². The minimum Gasteiger partial charge on any atom is -0.352 e. The molecule has 27 heavy (non-hydrogen) atoms. The number of benzene rings is 1. The Balaban J connectivity index is 2.21. The minimum absolute atomic E-state index is 0.0321. The molecule has 0 radical (unpaired) electrons. The summed E-state index contributed by atoms with van der Waals surface area (Å²) in [5.74, 6) is -0.0321. The zero-order valence-electron chi connectivity index (χ0n) is 16.5. The average molecular weight is 366 g/mol. The molecule has 0 aliphatic heterocycles. The molecule has 1 atom stereocenters. The van der Waals surface area contributed by atoms with Crippen molar-refractivity contribution in [2.75, 3.05) is 0 Å². The van der Waals surface area contributed by atoms with E-state index >= 15 is 0 Å². The molecule has 3 rings (SSSR count). The van der Waals surface area contributed by atoms with Crippen molar-refractivity contribution >= 4 is 16.7 Å². The Labute approximate surface area is 158 Å². The van der Waals surface area contributed by atoms with Gasteiger partial charge in [0.15, 0.2) is 0 Å². The summed E-state index contributed by atoms with van der Waals surface area (Å²) in [7, 11) is 0. The van der Waals surface area contributed by atoms with Gasteiger partial charge in [0.05, 0.1) is 17.3 Å². The van der Waals surface area contributed by atoms with E-state index in [-0.39, 0.29) is 23.6 Å². The quantitative estimate of drug-likeness (QED) is 0.753. The molecule has 0 spiro atoms. The number of para-hydroxylation sites is 1. The first-order valence-electron chi connectivity index (χ1n) is 9.32. The van der Waals surface area contributed by atoms with Crippen LogP contribution in [0.15, 0.2) is 41.3 Å². The van der Waals surface area contributed by atoms with E-state index < -0.39 is 0 Å². The molecule has 2 heterocycles. The number of rotatable bonds is 5. The van der Waals surface area contributed by atoms with E-state index in [0.29, 0.717) is 11.8 Å². The number of carbonyl (C=O) groups excluding carboxylic acids is 1. The van der Waals surface area contributed by atoms with Gasteiger partial charge in [0, 0.05) is 22.8 Å². The Morgan fingerprint density at radius 2 is 1.81 bits per heavy atom. The fourth-order valence-electron chi connectivity index (χ4n) is 3.67. The number of amides is 1. The second-order valence-corrected chi connectivity index (χ2v) is 7.11. The second kappa shape index (κ2) is 7.39. The molecular weight excluding hydrogens is 340 g/mol. The highest BCUT2D eigenvalue weighted by Gasteiger charge is 2.25. The van der Waals surface area contributed by atoms with Crippen molar-refractivity contribution in [3.8, 4) is 5.69 Å². The SMILES string of the molecule is CC[C@H](C(=O)NC(C)C)n1c(C)c2cnn(-c3ccccc3)c(=O)c2c1C. The lowest BCUT2D eigenvalue weighted by molar-refractivity contribution is -0.125. The monoisotopic (exact) mass is 366 g/mol. The van der Waals surface area contributed by atoms with Crippen LogP contribution in [0.1, 0.15) is 44.6 Å². The number of aromatic nitrogens is 3. The Morgan fingerprint density at radius 3 is 2.41 bits per heavy atom. The molecular formula is C21H26N4O2. The summed E-state index contributed by atoms with van der Waals surface area (Å²) < 4.78 is 3.38. The number of nitrogens with zero attached hydrogens (tertiary/aromatic N) is 3. The first-order chi connectivity index (χ1) is 12.9. The second-order valence-electron chi connectivity index (χ2n) is 7.11. The third kappa shape index (κ3) is 3.27. The van der Waals surface area contributed by atoms with Crippen LogP contribution >= 0.6 is 0 Å². The Kier molecular flexibility index (Phi) is 5.17. The van der Waals surface area contributed by atoms with Crippen molar-refractivity contribution in [3.05, 3.63) is 58.3 Å². The van der Waals surface area contributed by atoms with Crippen molar-refractivity contribution < 1.29 is 4.79 Å². The van der Waals surface area contributed by atoms with Gasteiger partial charge in [-0.3, -0.25) is 9.59 Å². The Bertz CT molecular complexity index is 1030. The standard InChI is InChI=1S/C21H26N4O2/c1-6-18(20(26)23-13(2)3)24-14(4)17-12-22-25(16-10-8-7-9-11-16)21(27)19(17)15(24)5/h7-13,18H,6H2,1-5H3,(H,23,26)/t18-/m1/s1. The van der Waals surface area contributed by atoms with Gasteiger partial charge < -0.3 is 9.88 Å². The fraction of sp³-hybridized carbons (Fsp3) is 0.381. The van der Waals surface area contributed by atoms with E-state index in [0.717, 1.165) is 22.5 Å². The van der Waals surface area contributed by atoms with E-state index in [9.17, 15) is 9.59 Å². The van der Waals surface area contributed by atoms with Crippen LogP contribution in [0.2, 0.25) is 0 Å². The lowest BCUT2D eigenvalue weighted by Crippen LogP contribution is -2.37. The molecule has 0 aliphatic carbocycles. The predicted molar refractivity (Wildman–Crippen MR) is 107 cm³/mol. The van der Waals surface area contributed by atoms with E-state index in [1.165, 1.54) is 4.68 Å². The molecule has 0 unspecified atom stereocenters. The van der Waals surface area contributed by atoms with Gasteiger partial charge in [-0.1, -0.05) is 25.1 Å². The highest BCUT2D eigenvalue weighted by Crippen LogP contribution is 2.28. The lowest BCUT2D eigenvalue weighted by atomic mass is 10.1. The molecule has 1 amide bonds. The summed E-state index contributed by atoms with van der Waals surface area (Å²) in [6.45, 7) is 9.71. The van der Waals surface area contributed by atoms with Crippen LogP contribution in [0.25, 0.3) is 16.5 Å². The fourth-order valence-corrected chi connectivity index (χ4v) is 3.67. The highest BCUT2D eigenvalue weighted by atomic mass is 16.2. The number of fused-ring (bicyclic) bond motifs is 1. The van der Waals surface area contributed by atoms with Crippen LogP contribution in [0, 0.1) is 13.8 Å². The molecule has 142 valence electrons. The van der Waals surface area contributed by atoms with Crippen LogP contribution in [-0.4, -0.2) is 26.3 Å². The van der Waals surface area contributed by atoms with Gasteiger partial charge in [0.25, 0.3) is 5.56 Å². The summed E-state index contributed by atoms with van der Waals surface area (Å²) >= 11 is 0. The third-order valence-corrected chi connectivity index (χ3v) is 4.88. The highest BCUT2D eigenvalue weighted by molar-refractivity contribution is 5.89. The molecule has 1 aromatic carbocycles. The molecule has 0 aliphatic rings. The molecule has 6 nitrogen and oxygen atoms in total. The maximum absolute atomic E-state index is 13.2. The van der Waals surface area contributed by atoms with Gasteiger partial charge in [0.1, 0.15) is 6.04 Å². The maximum Gasteiger partial charge on any atom is 0.281 e. The zero-order chi connectivity index (χ0) is 19.7. The summed E-state index contributed by atoms with van der Waals surface area (Å²) in [4.78, 5) is 25.9. The van der Waals surface area contributed by atoms with Crippen molar-refractivity contribution in [1.29, 1.82) is 0 Å². The van der Waals surface area contributed by atoms with Crippen molar-refractivity contribution in [2.45, 2.75) is 53.1 Å². The average Bonchev–Trinajstić information content (AvgIpc) is 2.88. The lowest BCUT2D eigenvalue weighted by Gasteiger charge is -2.22. The minimum atomic E-state index is -0.357. The van der Waals surface area contributed by atoms with Gasteiger partial charge in [0.2, 0.25) is 5.91 Å². The molecule has 3 aromatic rings.